The van der Waals surface area contributed by atoms with Crippen molar-refractivity contribution in [2.45, 2.75) is 98.8 Å². The smallest absolute Gasteiger partial charge is 0.121 e. The number of aromatic hydroxyl groups is 2. The van der Waals surface area contributed by atoms with Crippen molar-refractivity contribution in [1.29, 1.82) is 0 Å². The zero-order valence-electron chi connectivity index (χ0n) is 21.1. The van der Waals surface area contributed by atoms with Gasteiger partial charge in [0.15, 0.2) is 0 Å². The van der Waals surface area contributed by atoms with Crippen LogP contribution < -0.4 is 0 Å². The van der Waals surface area contributed by atoms with Crippen LogP contribution in [-0.2, 0) is 5.41 Å². The second kappa shape index (κ2) is 8.19. The summed E-state index contributed by atoms with van der Waals surface area (Å²) in [6.07, 6.45) is 3.37. The summed E-state index contributed by atoms with van der Waals surface area (Å²) in [6, 6.07) is 8.95. The topological polar surface area (TPSA) is 40.5 Å². The van der Waals surface area contributed by atoms with Crippen molar-refractivity contribution >= 4 is 0 Å². The van der Waals surface area contributed by atoms with Gasteiger partial charge < -0.3 is 10.2 Å². The van der Waals surface area contributed by atoms with Crippen LogP contribution in [0.2, 0.25) is 0 Å². The van der Waals surface area contributed by atoms with Gasteiger partial charge in [-0.2, -0.15) is 0 Å². The van der Waals surface area contributed by atoms with Crippen molar-refractivity contribution in [3.8, 4) is 11.5 Å². The van der Waals surface area contributed by atoms with Crippen LogP contribution >= 0.6 is 0 Å². The predicted molar refractivity (Wildman–Crippen MR) is 131 cm³/mol. The summed E-state index contributed by atoms with van der Waals surface area (Å²) in [7, 11) is 0. The van der Waals surface area contributed by atoms with E-state index in [4.69, 9.17) is 0 Å². The molecule has 3 rings (SSSR count). The van der Waals surface area contributed by atoms with Crippen LogP contribution in [0.3, 0.4) is 0 Å². The first-order chi connectivity index (χ1) is 14.3. The quantitative estimate of drug-likeness (QED) is 0.522. The fourth-order valence-electron chi connectivity index (χ4n) is 6.22. The van der Waals surface area contributed by atoms with Gasteiger partial charge >= 0.3 is 0 Å². The van der Waals surface area contributed by atoms with Crippen molar-refractivity contribution in [1.82, 2.24) is 0 Å². The average Bonchev–Trinajstić information content (AvgIpc) is 2.63. The number of hydrogen-bond acceptors (Lipinski definition) is 2. The van der Waals surface area contributed by atoms with Crippen molar-refractivity contribution in [3.05, 3.63) is 57.6 Å². The Morgan fingerprint density at radius 2 is 1.19 bits per heavy atom. The van der Waals surface area contributed by atoms with Gasteiger partial charge in [-0.25, -0.2) is 0 Å². The number of aryl methyl sites for hydroxylation is 2. The standard InChI is InChI=1S/C29H42O2/c1-17(2)24-12-22(10-20(6)26(24)30)29(15-19(5)14-28(8,9)16-29)23-11-21(7)27(31)25(13-23)18(3)4/h10-13,17-19,30-31H,14-16H2,1-9H3. The summed E-state index contributed by atoms with van der Waals surface area (Å²) in [5.41, 5.74) is 6.68. The van der Waals surface area contributed by atoms with Gasteiger partial charge in [-0.1, -0.05) is 72.7 Å². The molecule has 170 valence electrons. The molecule has 0 spiro atoms. The number of benzene rings is 2. The van der Waals surface area contributed by atoms with E-state index in [2.05, 4.69) is 72.7 Å². The number of phenols is 2. The Kier molecular flexibility index (Phi) is 6.26. The largest absolute Gasteiger partial charge is 0.507 e. The summed E-state index contributed by atoms with van der Waals surface area (Å²) in [4.78, 5) is 0. The van der Waals surface area contributed by atoms with E-state index in [1.165, 1.54) is 17.5 Å². The number of rotatable bonds is 4. The highest BCUT2D eigenvalue weighted by Gasteiger charge is 2.46. The highest BCUT2D eigenvalue weighted by atomic mass is 16.3. The highest BCUT2D eigenvalue weighted by molar-refractivity contribution is 5.54. The van der Waals surface area contributed by atoms with Crippen LogP contribution in [0.25, 0.3) is 0 Å². The molecule has 1 aliphatic rings. The average molecular weight is 423 g/mol. The van der Waals surface area contributed by atoms with Gasteiger partial charge in [0, 0.05) is 5.41 Å². The highest BCUT2D eigenvalue weighted by Crippen LogP contribution is 2.55. The summed E-state index contributed by atoms with van der Waals surface area (Å²) in [5.74, 6) is 1.98. The second-order valence-corrected chi connectivity index (χ2v) is 11.7. The van der Waals surface area contributed by atoms with Crippen LogP contribution in [0.5, 0.6) is 11.5 Å². The lowest BCUT2D eigenvalue weighted by atomic mass is 9.55. The van der Waals surface area contributed by atoms with Crippen LogP contribution in [0.15, 0.2) is 24.3 Å². The molecule has 0 aromatic heterocycles. The summed E-state index contributed by atoms with van der Waals surface area (Å²) < 4.78 is 0. The first kappa shape index (κ1) is 23.7. The minimum atomic E-state index is -0.134. The maximum absolute atomic E-state index is 10.8. The lowest BCUT2D eigenvalue weighted by Crippen LogP contribution is -2.41. The molecular formula is C29H42O2. The molecule has 31 heavy (non-hydrogen) atoms. The van der Waals surface area contributed by atoms with Crippen LogP contribution in [-0.4, -0.2) is 10.2 Å². The molecule has 0 heterocycles. The third-order valence-corrected chi connectivity index (χ3v) is 7.39. The number of phenolic OH excluding ortho intramolecular Hbond substituents is 2. The molecule has 2 heteroatoms. The van der Waals surface area contributed by atoms with Gasteiger partial charge in [-0.3, -0.25) is 0 Å². The Morgan fingerprint density at radius 1 is 0.774 bits per heavy atom. The van der Waals surface area contributed by atoms with Gasteiger partial charge in [-0.05, 0) is 89.7 Å². The van der Waals surface area contributed by atoms with Crippen molar-refractivity contribution in [2.24, 2.45) is 11.3 Å². The maximum Gasteiger partial charge on any atom is 0.121 e. The predicted octanol–water partition coefficient (Wildman–Crippen LogP) is 8.09. The van der Waals surface area contributed by atoms with E-state index in [0.717, 1.165) is 35.1 Å². The Balaban J connectivity index is 2.36. The van der Waals surface area contributed by atoms with E-state index >= 15 is 0 Å². The minimum absolute atomic E-state index is 0.134. The normalized spacial score (nSPS) is 20.4. The Labute approximate surface area is 189 Å². The molecular weight excluding hydrogens is 380 g/mol. The van der Waals surface area contributed by atoms with Crippen LogP contribution in [0.1, 0.15) is 113 Å². The molecule has 0 amide bonds. The molecule has 0 radical (unpaired) electrons. The van der Waals surface area contributed by atoms with Gasteiger partial charge in [0.2, 0.25) is 0 Å². The van der Waals surface area contributed by atoms with Crippen LogP contribution in [0.4, 0.5) is 0 Å². The van der Waals surface area contributed by atoms with E-state index < -0.39 is 0 Å². The van der Waals surface area contributed by atoms with Gasteiger partial charge in [0.1, 0.15) is 11.5 Å². The zero-order chi connectivity index (χ0) is 23.3. The molecule has 1 atom stereocenters. The zero-order valence-corrected chi connectivity index (χ0v) is 21.1. The lowest BCUT2D eigenvalue weighted by Gasteiger charge is -2.49. The maximum atomic E-state index is 10.8. The molecule has 1 saturated carbocycles. The van der Waals surface area contributed by atoms with Gasteiger partial charge in [0.25, 0.3) is 0 Å². The van der Waals surface area contributed by atoms with Crippen LogP contribution in [0, 0.1) is 25.2 Å². The summed E-state index contributed by atoms with van der Waals surface area (Å²) in [6.45, 7) is 19.8. The Morgan fingerprint density at radius 3 is 1.55 bits per heavy atom. The Bertz CT molecular complexity index is 902. The summed E-state index contributed by atoms with van der Waals surface area (Å²) >= 11 is 0. The third-order valence-electron chi connectivity index (χ3n) is 7.39. The molecule has 1 unspecified atom stereocenters. The van der Waals surface area contributed by atoms with E-state index in [-0.39, 0.29) is 22.7 Å². The molecule has 2 N–H and O–H groups in total. The molecule has 1 aliphatic carbocycles. The third kappa shape index (κ3) is 4.36. The summed E-state index contributed by atoms with van der Waals surface area (Å²) in [5, 5.41) is 21.5. The van der Waals surface area contributed by atoms with E-state index in [1.807, 2.05) is 13.8 Å². The SMILES string of the molecule is Cc1cc(C2(c3cc(C)c(O)c(C(C)C)c3)CC(C)CC(C)(C)C2)cc(C(C)C)c1O. The molecule has 0 bridgehead atoms. The first-order valence-electron chi connectivity index (χ1n) is 12.0. The Hall–Kier alpha value is -1.96. The van der Waals surface area contributed by atoms with Crippen molar-refractivity contribution in [2.75, 3.05) is 0 Å². The van der Waals surface area contributed by atoms with Gasteiger partial charge in [-0.15, -0.1) is 0 Å². The fraction of sp³-hybridized carbons (Fsp3) is 0.586. The number of hydrogen-bond donors (Lipinski definition) is 2. The fourth-order valence-corrected chi connectivity index (χ4v) is 6.22. The monoisotopic (exact) mass is 422 g/mol. The molecule has 2 aromatic carbocycles. The van der Waals surface area contributed by atoms with Crippen molar-refractivity contribution < 1.29 is 10.2 Å². The molecule has 0 aliphatic heterocycles. The minimum Gasteiger partial charge on any atom is -0.507 e. The molecule has 2 aromatic rings. The lowest BCUT2D eigenvalue weighted by molar-refractivity contribution is 0.126. The van der Waals surface area contributed by atoms with E-state index in [0.29, 0.717) is 17.4 Å². The molecule has 0 saturated heterocycles. The van der Waals surface area contributed by atoms with E-state index in [1.54, 1.807) is 0 Å². The van der Waals surface area contributed by atoms with Gasteiger partial charge in [0.05, 0.1) is 0 Å². The molecule has 2 nitrogen and oxygen atoms in total. The first-order valence-corrected chi connectivity index (χ1v) is 12.0. The molecule has 1 fully saturated rings. The van der Waals surface area contributed by atoms with E-state index in [9.17, 15) is 10.2 Å². The second-order valence-electron chi connectivity index (χ2n) is 11.7. The van der Waals surface area contributed by atoms with Crippen molar-refractivity contribution in [3.63, 3.8) is 0 Å².